The standard InChI is InChI=1S/C28H33NO6/c1-32-23-12-21(28-14-17-9-18(15-28)11-19(10-17)16-28)22(13-24(23)33-2)29-8-6-5-7-20(26(30)34-3)25(29)27(31)35-4/h5-8,12-13,17-19H,9-11,14-16H2,1-4H3. The van der Waals surface area contributed by atoms with Crippen molar-refractivity contribution in [2.75, 3.05) is 33.3 Å². The third-order valence-electron chi connectivity index (χ3n) is 8.26. The molecule has 4 saturated carbocycles. The van der Waals surface area contributed by atoms with Gasteiger partial charge in [-0.3, -0.25) is 0 Å². The highest BCUT2D eigenvalue weighted by molar-refractivity contribution is 6.05. The Morgan fingerprint density at radius 1 is 0.829 bits per heavy atom. The number of ether oxygens (including phenoxy) is 4. The number of esters is 2. The van der Waals surface area contributed by atoms with E-state index in [1.54, 1.807) is 43.5 Å². The van der Waals surface area contributed by atoms with E-state index in [1.165, 1.54) is 33.5 Å². The average molecular weight is 480 g/mol. The Hall–Kier alpha value is -3.22. The maximum Gasteiger partial charge on any atom is 0.355 e. The maximum atomic E-state index is 13.1. The second kappa shape index (κ2) is 9.10. The Kier molecular flexibility index (Phi) is 6.11. The van der Waals surface area contributed by atoms with E-state index in [2.05, 4.69) is 6.07 Å². The smallest absolute Gasteiger partial charge is 0.355 e. The van der Waals surface area contributed by atoms with E-state index in [0.29, 0.717) is 11.5 Å². The summed E-state index contributed by atoms with van der Waals surface area (Å²) in [4.78, 5) is 27.6. The Morgan fingerprint density at radius 3 is 1.94 bits per heavy atom. The van der Waals surface area contributed by atoms with Crippen molar-refractivity contribution in [3.63, 3.8) is 0 Å². The third-order valence-corrected chi connectivity index (χ3v) is 8.26. The molecule has 4 fully saturated rings. The van der Waals surface area contributed by atoms with Crippen LogP contribution in [0.3, 0.4) is 0 Å². The Balaban J connectivity index is 1.74. The van der Waals surface area contributed by atoms with Gasteiger partial charge in [0.05, 0.1) is 39.7 Å². The van der Waals surface area contributed by atoms with Crippen LogP contribution in [-0.2, 0) is 24.5 Å². The molecule has 7 nitrogen and oxygen atoms in total. The number of hydrogen-bond donors (Lipinski definition) is 0. The number of methoxy groups -OCH3 is 4. The van der Waals surface area contributed by atoms with Crippen LogP contribution >= 0.6 is 0 Å². The molecule has 1 aromatic rings. The minimum Gasteiger partial charge on any atom is -0.493 e. The minimum atomic E-state index is -0.618. The van der Waals surface area contributed by atoms with E-state index >= 15 is 0 Å². The molecule has 186 valence electrons. The van der Waals surface area contributed by atoms with Gasteiger partial charge in [0.15, 0.2) is 11.5 Å². The van der Waals surface area contributed by atoms with Crippen LogP contribution < -0.4 is 14.4 Å². The fourth-order valence-corrected chi connectivity index (χ4v) is 7.28. The molecule has 4 aliphatic carbocycles. The van der Waals surface area contributed by atoms with E-state index in [1.807, 2.05) is 6.07 Å². The number of nitrogens with zero attached hydrogens (tertiary/aromatic N) is 1. The molecule has 5 aliphatic rings. The van der Waals surface area contributed by atoms with Gasteiger partial charge in [0.2, 0.25) is 0 Å². The zero-order valence-electron chi connectivity index (χ0n) is 20.8. The molecule has 0 spiro atoms. The van der Waals surface area contributed by atoms with E-state index < -0.39 is 11.9 Å². The van der Waals surface area contributed by atoms with Crippen LogP contribution in [0.5, 0.6) is 11.5 Å². The number of carbonyl (C=O) groups is 2. The van der Waals surface area contributed by atoms with E-state index in [0.717, 1.165) is 48.3 Å². The molecule has 0 saturated heterocycles. The number of anilines is 1. The van der Waals surface area contributed by atoms with Crippen LogP contribution in [-0.4, -0.2) is 40.4 Å². The normalized spacial score (nSPS) is 28.7. The average Bonchev–Trinajstić information content (AvgIpc) is 3.09. The van der Waals surface area contributed by atoms with Gasteiger partial charge in [-0.1, -0.05) is 6.08 Å². The summed E-state index contributed by atoms with van der Waals surface area (Å²) in [6, 6.07) is 4.00. The van der Waals surface area contributed by atoms with Crippen LogP contribution in [0.1, 0.15) is 44.1 Å². The predicted octanol–water partition coefficient (Wildman–Crippen LogP) is 4.66. The fourth-order valence-electron chi connectivity index (χ4n) is 7.28. The van der Waals surface area contributed by atoms with Crippen LogP contribution in [0, 0.1) is 17.8 Å². The first kappa shape index (κ1) is 23.5. The summed E-state index contributed by atoms with van der Waals surface area (Å²) in [6.07, 6.45) is 14.2. The first-order valence-corrected chi connectivity index (χ1v) is 12.2. The highest BCUT2D eigenvalue weighted by atomic mass is 16.5. The molecule has 0 unspecified atom stereocenters. The summed E-state index contributed by atoms with van der Waals surface area (Å²) in [7, 11) is 5.86. The van der Waals surface area contributed by atoms with Crippen molar-refractivity contribution < 1.29 is 28.5 Å². The van der Waals surface area contributed by atoms with Gasteiger partial charge in [-0.2, -0.15) is 0 Å². The largest absolute Gasteiger partial charge is 0.493 e. The van der Waals surface area contributed by atoms with Crippen molar-refractivity contribution in [1.29, 1.82) is 0 Å². The Bertz CT molecular complexity index is 1100. The fraction of sp³-hybridized carbons (Fsp3) is 0.500. The highest BCUT2D eigenvalue weighted by Gasteiger charge is 2.53. The molecule has 0 aromatic heterocycles. The van der Waals surface area contributed by atoms with Crippen molar-refractivity contribution in [2.45, 2.75) is 43.9 Å². The molecule has 35 heavy (non-hydrogen) atoms. The van der Waals surface area contributed by atoms with E-state index in [4.69, 9.17) is 18.9 Å². The first-order chi connectivity index (χ1) is 16.9. The van der Waals surface area contributed by atoms with Crippen molar-refractivity contribution in [3.05, 3.63) is 53.4 Å². The highest BCUT2D eigenvalue weighted by Crippen LogP contribution is 2.62. The maximum absolute atomic E-state index is 13.1. The number of hydrogen-bond acceptors (Lipinski definition) is 7. The first-order valence-electron chi connectivity index (χ1n) is 12.2. The molecule has 0 amide bonds. The summed E-state index contributed by atoms with van der Waals surface area (Å²) in [5, 5.41) is 0. The van der Waals surface area contributed by atoms with Gasteiger partial charge in [-0.05, 0) is 85.5 Å². The molecular weight excluding hydrogens is 446 g/mol. The lowest BCUT2D eigenvalue weighted by Crippen LogP contribution is -2.49. The van der Waals surface area contributed by atoms with Gasteiger partial charge in [0.1, 0.15) is 5.70 Å². The monoisotopic (exact) mass is 479 g/mol. The van der Waals surface area contributed by atoms with Gasteiger partial charge in [0, 0.05) is 12.3 Å². The molecule has 0 atom stereocenters. The van der Waals surface area contributed by atoms with Crippen molar-refractivity contribution in [1.82, 2.24) is 0 Å². The van der Waals surface area contributed by atoms with Crippen molar-refractivity contribution >= 4 is 17.6 Å². The lowest BCUT2D eigenvalue weighted by molar-refractivity contribution is -0.139. The zero-order valence-corrected chi connectivity index (χ0v) is 20.8. The van der Waals surface area contributed by atoms with Gasteiger partial charge in [0.25, 0.3) is 0 Å². The molecule has 1 heterocycles. The summed E-state index contributed by atoms with van der Waals surface area (Å²) in [6.45, 7) is 0. The molecule has 0 radical (unpaired) electrons. The van der Waals surface area contributed by atoms with E-state index in [9.17, 15) is 9.59 Å². The second-order valence-corrected chi connectivity index (χ2v) is 10.2. The summed E-state index contributed by atoms with van der Waals surface area (Å²) in [5.74, 6) is 2.18. The van der Waals surface area contributed by atoms with Gasteiger partial charge < -0.3 is 23.8 Å². The number of rotatable bonds is 6. The number of benzene rings is 1. The number of allylic oxidation sites excluding steroid dienone is 2. The van der Waals surface area contributed by atoms with Crippen LogP contribution in [0.4, 0.5) is 5.69 Å². The third kappa shape index (κ3) is 3.91. The molecule has 1 aliphatic heterocycles. The van der Waals surface area contributed by atoms with Crippen LogP contribution in [0.25, 0.3) is 0 Å². The van der Waals surface area contributed by atoms with Gasteiger partial charge in [-0.25, -0.2) is 9.59 Å². The molecule has 6 rings (SSSR count). The zero-order chi connectivity index (χ0) is 24.7. The lowest BCUT2D eigenvalue weighted by Gasteiger charge is -2.57. The molecule has 4 bridgehead atoms. The van der Waals surface area contributed by atoms with E-state index in [-0.39, 0.29) is 16.7 Å². The molecule has 0 N–H and O–H groups in total. The predicted molar refractivity (Wildman–Crippen MR) is 131 cm³/mol. The van der Waals surface area contributed by atoms with Crippen LogP contribution in [0.15, 0.2) is 47.8 Å². The van der Waals surface area contributed by atoms with Crippen molar-refractivity contribution in [2.24, 2.45) is 17.8 Å². The summed E-state index contributed by atoms with van der Waals surface area (Å²) >= 11 is 0. The van der Waals surface area contributed by atoms with Gasteiger partial charge >= 0.3 is 11.9 Å². The Morgan fingerprint density at radius 2 is 1.40 bits per heavy atom. The molecule has 1 aromatic carbocycles. The quantitative estimate of drug-likeness (QED) is 0.549. The summed E-state index contributed by atoms with van der Waals surface area (Å²) < 4.78 is 21.6. The topological polar surface area (TPSA) is 74.3 Å². The number of carbonyl (C=O) groups excluding carboxylic acids is 2. The second-order valence-electron chi connectivity index (χ2n) is 10.2. The summed E-state index contributed by atoms with van der Waals surface area (Å²) in [5.41, 5.74) is 2.17. The van der Waals surface area contributed by atoms with Crippen LogP contribution in [0.2, 0.25) is 0 Å². The van der Waals surface area contributed by atoms with Gasteiger partial charge in [-0.15, -0.1) is 0 Å². The lowest BCUT2D eigenvalue weighted by atomic mass is 9.48. The minimum absolute atomic E-state index is 0.0101. The molecule has 7 heteroatoms. The molecular formula is C28H33NO6. The Labute approximate surface area is 206 Å². The van der Waals surface area contributed by atoms with Crippen molar-refractivity contribution in [3.8, 4) is 11.5 Å². The SMILES string of the molecule is COC(=O)C1=C(C(=O)OC)N(c2cc(OC)c(OC)cc2C23CC4CC(CC(C4)C2)C3)C=CC=C1.